The molecule has 0 bridgehead atoms. The zero-order valence-electron chi connectivity index (χ0n) is 11.3. The van der Waals surface area contributed by atoms with E-state index in [-0.39, 0.29) is 30.2 Å². The molecule has 108 valence electrons. The normalized spacial score (nSPS) is 9.70. The minimum Gasteiger partial charge on any atom is -0.493 e. The second kappa shape index (κ2) is 7.13. The molecule has 0 heterocycles. The van der Waals surface area contributed by atoms with E-state index < -0.39 is 10.9 Å². The molecule has 0 fully saturated rings. The second-order valence-electron chi connectivity index (χ2n) is 3.70. The average Bonchev–Trinajstić information content (AvgIpc) is 2.44. The summed E-state index contributed by atoms with van der Waals surface area (Å²) in [6.45, 7) is 5.29. The summed E-state index contributed by atoms with van der Waals surface area (Å²) in [6, 6.07) is 3.93. The van der Waals surface area contributed by atoms with E-state index in [0.29, 0.717) is 5.75 Å². The number of esters is 1. The molecule has 0 atom stereocenters. The molecule has 1 aromatic carbocycles. The molecule has 0 aliphatic rings. The second-order valence-corrected chi connectivity index (χ2v) is 3.70. The Hall–Kier alpha value is -2.57. The number of hydrogen-bond acceptors (Lipinski definition) is 6. The number of rotatable bonds is 7. The van der Waals surface area contributed by atoms with Gasteiger partial charge in [-0.1, -0.05) is 6.58 Å². The molecule has 1 rings (SSSR count). The lowest BCUT2D eigenvalue weighted by Crippen LogP contribution is -2.13. The number of non-ortho nitro benzene ring substituents is 1. The fraction of sp³-hybridized carbons (Fsp3) is 0.308. The van der Waals surface area contributed by atoms with Crippen LogP contribution in [0.5, 0.6) is 11.5 Å². The van der Waals surface area contributed by atoms with Crippen LogP contribution in [0.1, 0.15) is 6.92 Å². The highest BCUT2D eigenvalue weighted by Crippen LogP contribution is 2.31. The van der Waals surface area contributed by atoms with Crippen LogP contribution in [0.4, 0.5) is 5.69 Å². The van der Waals surface area contributed by atoms with E-state index in [0.717, 1.165) is 0 Å². The third-order valence-corrected chi connectivity index (χ3v) is 2.32. The van der Waals surface area contributed by atoms with Crippen molar-refractivity contribution in [1.82, 2.24) is 0 Å². The first-order chi connectivity index (χ1) is 9.49. The molecule has 1 aromatic rings. The molecule has 20 heavy (non-hydrogen) atoms. The van der Waals surface area contributed by atoms with Gasteiger partial charge in [0.15, 0.2) is 11.5 Å². The van der Waals surface area contributed by atoms with Crippen molar-refractivity contribution in [3.8, 4) is 11.5 Å². The van der Waals surface area contributed by atoms with Crippen molar-refractivity contribution in [3.05, 3.63) is 40.5 Å². The predicted octanol–water partition coefficient (Wildman–Crippen LogP) is 2.10. The Morgan fingerprint density at radius 1 is 1.40 bits per heavy atom. The SMILES string of the molecule is C=C(COc1cc([N+](=O)[O-])ccc1OC)C(=O)OCC. The lowest BCUT2D eigenvalue weighted by atomic mass is 10.2. The number of methoxy groups -OCH3 is 1. The number of hydrogen-bond donors (Lipinski definition) is 0. The quantitative estimate of drug-likeness (QED) is 0.329. The smallest absolute Gasteiger partial charge is 0.336 e. The number of benzene rings is 1. The Kier molecular flexibility index (Phi) is 5.52. The van der Waals surface area contributed by atoms with Crippen molar-refractivity contribution in [3.63, 3.8) is 0 Å². The molecule has 0 radical (unpaired) electrons. The third-order valence-electron chi connectivity index (χ3n) is 2.32. The van der Waals surface area contributed by atoms with Crippen molar-refractivity contribution < 1.29 is 23.9 Å². The molecule has 0 amide bonds. The Morgan fingerprint density at radius 2 is 2.10 bits per heavy atom. The van der Waals surface area contributed by atoms with Gasteiger partial charge < -0.3 is 14.2 Å². The molecule has 0 spiro atoms. The molecule has 0 aromatic heterocycles. The largest absolute Gasteiger partial charge is 0.493 e. The molecule has 0 N–H and O–H groups in total. The Bertz CT molecular complexity index is 526. The number of carbonyl (C=O) groups excluding carboxylic acids is 1. The molecule has 7 nitrogen and oxygen atoms in total. The highest BCUT2D eigenvalue weighted by molar-refractivity contribution is 5.88. The summed E-state index contributed by atoms with van der Waals surface area (Å²) >= 11 is 0. The highest BCUT2D eigenvalue weighted by Gasteiger charge is 2.14. The van der Waals surface area contributed by atoms with Gasteiger partial charge in [0.1, 0.15) is 6.61 Å². The topological polar surface area (TPSA) is 87.9 Å². The number of carbonyl (C=O) groups is 1. The highest BCUT2D eigenvalue weighted by atomic mass is 16.6. The maximum absolute atomic E-state index is 11.4. The minimum absolute atomic E-state index is 0.111. The molecule has 0 saturated heterocycles. The van der Waals surface area contributed by atoms with Gasteiger partial charge in [0.25, 0.3) is 5.69 Å². The van der Waals surface area contributed by atoms with E-state index in [2.05, 4.69) is 6.58 Å². The average molecular weight is 281 g/mol. The van der Waals surface area contributed by atoms with Crippen molar-refractivity contribution in [2.45, 2.75) is 6.92 Å². The Morgan fingerprint density at radius 3 is 2.65 bits per heavy atom. The molecular formula is C13H15NO6. The summed E-state index contributed by atoms with van der Waals surface area (Å²) < 4.78 is 15.1. The van der Waals surface area contributed by atoms with Crippen molar-refractivity contribution in [2.75, 3.05) is 20.3 Å². The van der Waals surface area contributed by atoms with E-state index in [1.165, 1.54) is 25.3 Å². The van der Waals surface area contributed by atoms with Gasteiger partial charge in [-0.05, 0) is 13.0 Å². The molecule has 7 heteroatoms. The Balaban J connectivity index is 2.80. The number of ether oxygens (including phenoxy) is 3. The summed E-state index contributed by atoms with van der Waals surface area (Å²) in [7, 11) is 1.41. The van der Waals surface area contributed by atoms with Gasteiger partial charge in [0.05, 0.1) is 30.3 Å². The zero-order valence-corrected chi connectivity index (χ0v) is 11.3. The number of nitro groups is 1. The first-order valence-electron chi connectivity index (χ1n) is 5.79. The molecule has 0 aliphatic heterocycles. The maximum Gasteiger partial charge on any atom is 0.336 e. The summed E-state index contributed by atoms with van der Waals surface area (Å²) in [6.07, 6.45) is 0. The van der Waals surface area contributed by atoms with Crippen LogP contribution in [-0.2, 0) is 9.53 Å². The van der Waals surface area contributed by atoms with Crippen LogP contribution in [0.25, 0.3) is 0 Å². The van der Waals surface area contributed by atoms with Gasteiger partial charge in [-0.15, -0.1) is 0 Å². The van der Waals surface area contributed by atoms with E-state index in [9.17, 15) is 14.9 Å². The first-order valence-corrected chi connectivity index (χ1v) is 5.79. The van der Waals surface area contributed by atoms with Crippen molar-refractivity contribution in [1.29, 1.82) is 0 Å². The van der Waals surface area contributed by atoms with Gasteiger partial charge in [-0.2, -0.15) is 0 Å². The monoisotopic (exact) mass is 281 g/mol. The zero-order chi connectivity index (χ0) is 15.1. The Labute approximate surface area is 115 Å². The van der Waals surface area contributed by atoms with E-state index >= 15 is 0 Å². The van der Waals surface area contributed by atoms with Gasteiger partial charge >= 0.3 is 5.97 Å². The van der Waals surface area contributed by atoms with Gasteiger partial charge in [-0.3, -0.25) is 10.1 Å². The summed E-state index contributed by atoms with van der Waals surface area (Å²) in [5.74, 6) is -0.0868. The predicted molar refractivity (Wildman–Crippen MR) is 70.9 cm³/mol. The van der Waals surface area contributed by atoms with Crippen LogP contribution in [0.3, 0.4) is 0 Å². The lowest BCUT2D eigenvalue weighted by molar-refractivity contribution is -0.385. The van der Waals surface area contributed by atoms with E-state index in [4.69, 9.17) is 14.2 Å². The van der Waals surface area contributed by atoms with Gasteiger partial charge in [0.2, 0.25) is 0 Å². The van der Waals surface area contributed by atoms with Crippen LogP contribution in [-0.4, -0.2) is 31.2 Å². The summed E-state index contributed by atoms with van der Waals surface area (Å²) in [5, 5.41) is 10.7. The van der Waals surface area contributed by atoms with E-state index in [1.807, 2.05) is 0 Å². The standard InChI is InChI=1S/C13H15NO6/c1-4-19-13(15)9(2)8-20-12-7-10(14(16)17)5-6-11(12)18-3/h5-7H,2,4,8H2,1,3H3. The summed E-state index contributed by atoms with van der Waals surface area (Å²) in [5.41, 5.74) is -0.0250. The van der Waals surface area contributed by atoms with Crippen LogP contribution in [0.15, 0.2) is 30.4 Å². The van der Waals surface area contributed by atoms with Crippen LogP contribution >= 0.6 is 0 Å². The molecule has 0 aliphatic carbocycles. The fourth-order valence-corrected chi connectivity index (χ4v) is 1.35. The molecule has 0 unspecified atom stereocenters. The number of nitrogens with zero attached hydrogens (tertiary/aromatic N) is 1. The molecular weight excluding hydrogens is 266 g/mol. The van der Waals surface area contributed by atoms with Gasteiger partial charge in [0, 0.05) is 6.07 Å². The lowest BCUT2D eigenvalue weighted by Gasteiger charge is -2.11. The van der Waals surface area contributed by atoms with Crippen LogP contribution in [0.2, 0.25) is 0 Å². The first kappa shape index (κ1) is 15.5. The number of nitro benzene ring substituents is 1. The van der Waals surface area contributed by atoms with Crippen LogP contribution < -0.4 is 9.47 Å². The molecule has 0 saturated carbocycles. The maximum atomic E-state index is 11.4. The third kappa shape index (κ3) is 3.98. The van der Waals surface area contributed by atoms with Crippen molar-refractivity contribution >= 4 is 11.7 Å². The van der Waals surface area contributed by atoms with Gasteiger partial charge in [-0.25, -0.2) is 4.79 Å². The summed E-state index contributed by atoms with van der Waals surface area (Å²) in [4.78, 5) is 21.5. The fourth-order valence-electron chi connectivity index (χ4n) is 1.35. The minimum atomic E-state index is -0.572. The van der Waals surface area contributed by atoms with Crippen molar-refractivity contribution in [2.24, 2.45) is 0 Å². The van der Waals surface area contributed by atoms with E-state index in [1.54, 1.807) is 6.92 Å². The van der Waals surface area contributed by atoms with Crippen LogP contribution in [0, 0.1) is 10.1 Å².